The highest BCUT2D eigenvalue weighted by Gasteiger charge is 2.17. The van der Waals surface area contributed by atoms with Crippen molar-refractivity contribution in [2.24, 2.45) is 0 Å². The number of benzene rings is 1. The van der Waals surface area contributed by atoms with Gasteiger partial charge in [0.2, 0.25) is 0 Å². The van der Waals surface area contributed by atoms with Crippen molar-refractivity contribution < 1.29 is 8.42 Å². The Balaban J connectivity index is 3.57. The van der Waals surface area contributed by atoms with Crippen molar-refractivity contribution in [3.05, 3.63) is 26.8 Å². The second-order valence-electron chi connectivity index (χ2n) is 2.84. The Morgan fingerprint density at radius 1 is 1.53 bits per heavy atom. The molecule has 0 aliphatic rings. The summed E-state index contributed by atoms with van der Waals surface area (Å²) < 4.78 is 23.1. The molecule has 0 fully saturated rings. The monoisotopic (exact) mass is 355 g/mol. The number of halogens is 2. The summed E-state index contributed by atoms with van der Waals surface area (Å²) in [6.45, 7) is 1.81. The van der Waals surface area contributed by atoms with E-state index < -0.39 is 9.05 Å². The van der Waals surface area contributed by atoms with E-state index in [-0.39, 0.29) is 4.90 Å². The summed E-state index contributed by atoms with van der Waals surface area (Å²) in [5, 5.41) is 8.79. The Morgan fingerprint density at radius 2 is 2.13 bits per heavy atom. The molecule has 0 amide bonds. The highest BCUT2D eigenvalue weighted by atomic mass is 127. The van der Waals surface area contributed by atoms with E-state index in [0.717, 1.165) is 0 Å². The molecule has 80 valence electrons. The van der Waals surface area contributed by atoms with Crippen molar-refractivity contribution in [2.75, 3.05) is 0 Å². The molecule has 3 nitrogen and oxygen atoms in total. The van der Waals surface area contributed by atoms with Crippen LogP contribution < -0.4 is 0 Å². The molecule has 15 heavy (non-hydrogen) atoms. The van der Waals surface area contributed by atoms with Crippen molar-refractivity contribution in [1.29, 1.82) is 5.26 Å². The van der Waals surface area contributed by atoms with Crippen LogP contribution in [0.25, 0.3) is 0 Å². The summed E-state index contributed by atoms with van der Waals surface area (Å²) in [4.78, 5) is 0.0927. The Bertz CT molecular complexity index is 534. The SMILES string of the molecule is CCc1cc(C#N)c(I)cc1S(=O)(=O)Cl. The van der Waals surface area contributed by atoms with E-state index >= 15 is 0 Å². The van der Waals surface area contributed by atoms with Crippen LogP contribution in [0, 0.1) is 14.9 Å². The summed E-state index contributed by atoms with van der Waals surface area (Å²) in [5.41, 5.74) is 1.04. The molecule has 0 unspecified atom stereocenters. The van der Waals surface area contributed by atoms with Gasteiger partial charge < -0.3 is 0 Å². The van der Waals surface area contributed by atoms with E-state index in [1.165, 1.54) is 6.07 Å². The van der Waals surface area contributed by atoms with Crippen LogP contribution in [0.15, 0.2) is 17.0 Å². The van der Waals surface area contributed by atoms with Crippen LogP contribution in [0.4, 0.5) is 0 Å². The summed E-state index contributed by atoms with van der Waals surface area (Å²) in [7, 11) is 1.56. The van der Waals surface area contributed by atoms with Gasteiger partial charge in [-0.2, -0.15) is 5.26 Å². The first-order valence-electron chi connectivity index (χ1n) is 4.07. The molecular weight excluding hydrogens is 349 g/mol. The Kier molecular flexibility index (Phi) is 3.98. The molecule has 0 saturated carbocycles. The molecule has 0 aliphatic heterocycles. The molecular formula is C9H7ClINO2S. The number of hydrogen-bond donors (Lipinski definition) is 0. The minimum absolute atomic E-state index is 0.0927. The Labute approximate surface area is 107 Å². The van der Waals surface area contributed by atoms with Crippen LogP contribution in [-0.2, 0) is 15.5 Å². The normalized spacial score (nSPS) is 11.1. The van der Waals surface area contributed by atoms with Crippen molar-refractivity contribution >= 4 is 42.3 Å². The lowest BCUT2D eigenvalue weighted by Gasteiger charge is -2.06. The number of hydrogen-bond acceptors (Lipinski definition) is 3. The second-order valence-corrected chi connectivity index (χ2v) is 6.54. The predicted octanol–water partition coefficient (Wildman–Crippen LogP) is 2.65. The van der Waals surface area contributed by atoms with Crippen LogP contribution in [-0.4, -0.2) is 8.42 Å². The minimum Gasteiger partial charge on any atom is -0.207 e. The van der Waals surface area contributed by atoms with Gasteiger partial charge in [0.1, 0.15) is 6.07 Å². The van der Waals surface area contributed by atoms with Gasteiger partial charge in [0.05, 0.1) is 10.5 Å². The van der Waals surface area contributed by atoms with E-state index in [2.05, 4.69) is 0 Å². The third-order valence-electron chi connectivity index (χ3n) is 1.91. The first-order valence-corrected chi connectivity index (χ1v) is 7.46. The molecule has 0 radical (unpaired) electrons. The van der Waals surface area contributed by atoms with Crippen molar-refractivity contribution in [3.8, 4) is 6.07 Å². The zero-order valence-corrected chi connectivity index (χ0v) is 11.5. The fourth-order valence-corrected chi connectivity index (χ4v) is 3.19. The van der Waals surface area contributed by atoms with Crippen LogP contribution in [0.2, 0.25) is 0 Å². The number of rotatable bonds is 2. The Hall–Kier alpha value is -0.320. The standard InChI is InChI=1S/C9H7ClINO2S/c1-2-6-3-7(5-12)8(11)4-9(6)15(10,13)14/h3-4H,2H2,1H3. The smallest absolute Gasteiger partial charge is 0.207 e. The summed E-state index contributed by atoms with van der Waals surface area (Å²) in [6, 6.07) is 5.00. The molecule has 1 rings (SSSR count). The maximum atomic E-state index is 11.2. The largest absolute Gasteiger partial charge is 0.261 e. The van der Waals surface area contributed by atoms with E-state index in [1.54, 1.807) is 6.07 Å². The molecule has 0 saturated heterocycles. The fraction of sp³-hybridized carbons (Fsp3) is 0.222. The third-order valence-corrected chi connectivity index (χ3v) is 4.21. The summed E-state index contributed by atoms with van der Waals surface area (Å²) >= 11 is 1.91. The van der Waals surface area contributed by atoms with E-state index in [1.807, 2.05) is 35.6 Å². The average Bonchev–Trinajstić information content (AvgIpc) is 2.16. The molecule has 0 aliphatic carbocycles. The first kappa shape index (κ1) is 12.7. The molecule has 0 bridgehead atoms. The first-order chi connectivity index (χ1) is 6.90. The predicted molar refractivity (Wildman–Crippen MR) is 66.3 cm³/mol. The van der Waals surface area contributed by atoms with Gasteiger partial charge in [-0.1, -0.05) is 6.92 Å². The van der Waals surface area contributed by atoms with E-state index in [4.69, 9.17) is 15.9 Å². The zero-order valence-electron chi connectivity index (χ0n) is 7.79. The van der Waals surface area contributed by atoms with Gasteiger partial charge in [0.15, 0.2) is 0 Å². The lowest BCUT2D eigenvalue weighted by molar-refractivity contribution is 0.608. The Morgan fingerprint density at radius 3 is 2.53 bits per heavy atom. The van der Waals surface area contributed by atoms with Crippen LogP contribution in [0.5, 0.6) is 0 Å². The van der Waals surface area contributed by atoms with Gasteiger partial charge in [-0.25, -0.2) is 8.42 Å². The van der Waals surface area contributed by atoms with Crippen molar-refractivity contribution in [2.45, 2.75) is 18.2 Å². The van der Waals surface area contributed by atoms with Crippen LogP contribution in [0.1, 0.15) is 18.1 Å². The highest BCUT2D eigenvalue weighted by molar-refractivity contribution is 14.1. The quantitative estimate of drug-likeness (QED) is 0.605. The summed E-state index contributed by atoms with van der Waals surface area (Å²) in [5.74, 6) is 0. The number of aryl methyl sites for hydroxylation is 1. The maximum absolute atomic E-state index is 11.2. The van der Waals surface area contributed by atoms with Crippen LogP contribution >= 0.6 is 33.3 Å². The molecule has 1 aromatic rings. The van der Waals surface area contributed by atoms with Crippen molar-refractivity contribution in [1.82, 2.24) is 0 Å². The van der Waals surface area contributed by atoms with Gasteiger partial charge >= 0.3 is 0 Å². The molecule has 0 aromatic heterocycles. The number of nitriles is 1. The second kappa shape index (κ2) is 4.68. The van der Waals surface area contributed by atoms with Crippen LogP contribution in [0.3, 0.4) is 0 Å². The average molecular weight is 356 g/mol. The summed E-state index contributed by atoms with van der Waals surface area (Å²) in [6.07, 6.45) is 0.521. The molecule has 1 aromatic carbocycles. The van der Waals surface area contributed by atoms with Crippen molar-refractivity contribution in [3.63, 3.8) is 0 Å². The fourth-order valence-electron chi connectivity index (χ4n) is 1.19. The topological polar surface area (TPSA) is 57.9 Å². The molecule has 0 N–H and O–H groups in total. The zero-order chi connectivity index (χ0) is 11.6. The lowest BCUT2D eigenvalue weighted by atomic mass is 10.1. The lowest BCUT2D eigenvalue weighted by Crippen LogP contribution is -1.99. The third kappa shape index (κ3) is 2.83. The maximum Gasteiger partial charge on any atom is 0.261 e. The van der Waals surface area contributed by atoms with Gasteiger partial charge in [0.25, 0.3) is 9.05 Å². The number of nitrogens with zero attached hydrogens (tertiary/aromatic N) is 1. The van der Waals surface area contributed by atoms with Gasteiger partial charge in [-0.3, -0.25) is 0 Å². The van der Waals surface area contributed by atoms with Gasteiger partial charge in [-0.15, -0.1) is 0 Å². The minimum atomic E-state index is -3.74. The molecule has 0 heterocycles. The molecule has 0 atom stereocenters. The highest BCUT2D eigenvalue weighted by Crippen LogP contribution is 2.25. The molecule has 6 heteroatoms. The van der Waals surface area contributed by atoms with E-state index in [0.29, 0.717) is 21.1 Å². The molecule has 0 spiro atoms. The van der Waals surface area contributed by atoms with E-state index in [9.17, 15) is 8.42 Å². The van der Waals surface area contributed by atoms with Gasteiger partial charge in [0, 0.05) is 14.3 Å². The van der Waals surface area contributed by atoms with Gasteiger partial charge in [-0.05, 0) is 46.7 Å².